The molecule has 0 aliphatic heterocycles. The molecule has 3 rings (SSSR count). The van der Waals surface area contributed by atoms with E-state index >= 15 is 0 Å². The molecule has 9 N–H and O–H groups in total. The third-order valence-corrected chi connectivity index (χ3v) is 6.82. The third-order valence-electron chi connectivity index (χ3n) is 6.18. The predicted molar refractivity (Wildman–Crippen MR) is 151 cm³/mol. The van der Waals surface area contributed by atoms with Gasteiger partial charge in [0.25, 0.3) is 0 Å². The number of benzene rings is 1. The summed E-state index contributed by atoms with van der Waals surface area (Å²) in [5.74, 6) is -2.58. The first-order valence-electron chi connectivity index (χ1n) is 12.8. The van der Waals surface area contributed by atoms with Crippen LogP contribution in [-0.4, -0.2) is 90.0 Å². The minimum absolute atomic E-state index is 0.00245. The summed E-state index contributed by atoms with van der Waals surface area (Å²) in [6.45, 7) is 0. The number of carbonyl (C=O) groups is 4. The fraction of sp³-hybridized carbons (Fsp3) is 0.385. The fourth-order valence-electron chi connectivity index (χ4n) is 3.95. The van der Waals surface area contributed by atoms with Gasteiger partial charge in [0.05, 0.1) is 18.7 Å². The molecule has 220 valence electrons. The number of phenolic OH excluding ortho intramolecular Hbond substituents is 1. The highest BCUT2D eigenvalue weighted by Crippen LogP contribution is 2.11. The molecular weight excluding hydrogens is 552 g/mol. The van der Waals surface area contributed by atoms with E-state index in [1.165, 1.54) is 48.9 Å². The van der Waals surface area contributed by atoms with Crippen LogP contribution < -0.4 is 21.7 Å². The molecule has 0 fully saturated rings. The topological polar surface area (TPSA) is 228 Å². The zero-order valence-corrected chi connectivity index (χ0v) is 23.2. The molecule has 0 saturated heterocycles. The van der Waals surface area contributed by atoms with E-state index in [0.29, 0.717) is 22.7 Å². The van der Waals surface area contributed by atoms with E-state index < -0.39 is 47.9 Å². The SMILES string of the molecule is CSCCC(NC(=O)C(Cc1cnc[nH]1)NC(=O)C(Cc1cnc[nH]1)NC(=O)C(N)Cc1ccc(O)cc1)C(=O)O. The number of imidazole rings is 2. The lowest BCUT2D eigenvalue weighted by Crippen LogP contribution is -2.58. The Hall–Kier alpha value is -4.37. The molecule has 3 amide bonds. The maximum Gasteiger partial charge on any atom is 0.326 e. The Kier molecular flexibility index (Phi) is 11.7. The number of aliphatic carboxylic acids is 1. The number of nitrogens with one attached hydrogen (secondary N) is 5. The van der Waals surface area contributed by atoms with Crippen molar-refractivity contribution in [2.24, 2.45) is 5.73 Å². The van der Waals surface area contributed by atoms with E-state index in [1.54, 1.807) is 12.1 Å². The first-order chi connectivity index (χ1) is 19.7. The number of rotatable bonds is 16. The highest BCUT2D eigenvalue weighted by molar-refractivity contribution is 7.98. The standard InChI is InChI=1S/C26H34N8O6S/c1-41-7-6-20(26(39)40)32-24(37)22(10-17-12-29-14-31-17)34-25(38)21(9-16-11-28-13-30-16)33-23(36)19(27)8-15-2-4-18(35)5-3-15/h2-5,11-14,19-22,35H,6-10,27H2,1H3,(H,28,30)(H,29,31)(H,32,37)(H,33,36)(H,34,38)(H,39,40). The van der Waals surface area contributed by atoms with Gasteiger partial charge in [-0.1, -0.05) is 12.1 Å². The van der Waals surface area contributed by atoms with Gasteiger partial charge < -0.3 is 41.9 Å². The number of H-pyrrole nitrogens is 2. The van der Waals surface area contributed by atoms with E-state index in [1.807, 2.05) is 6.26 Å². The number of hydrogen-bond acceptors (Lipinski definition) is 9. The third kappa shape index (κ3) is 9.95. The summed E-state index contributed by atoms with van der Waals surface area (Å²) in [6, 6.07) is 1.77. The van der Waals surface area contributed by atoms with Crippen molar-refractivity contribution in [3.05, 3.63) is 66.3 Å². The maximum absolute atomic E-state index is 13.5. The second-order valence-electron chi connectivity index (χ2n) is 9.34. The van der Waals surface area contributed by atoms with Gasteiger partial charge in [-0.3, -0.25) is 14.4 Å². The number of nitrogens with zero attached hydrogens (tertiary/aromatic N) is 2. The molecule has 0 bridgehead atoms. The van der Waals surface area contributed by atoms with E-state index in [2.05, 4.69) is 35.9 Å². The van der Waals surface area contributed by atoms with Gasteiger partial charge in [0.2, 0.25) is 17.7 Å². The Morgan fingerprint density at radius 2 is 1.37 bits per heavy atom. The average Bonchev–Trinajstić information content (AvgIpc) is 3.65. The molecule has 1 aromatic carbocycles. The van der Waals surface area contributed by atoms with Crippen LogP contribution in [0.1, 0.15) is 23.4 Å². The van der Waals surface area contributed by atoms with Crippen LogP contribution >= 0.6 is 11.8 Å². The quantitative estimate of drug-likeness (QED) is 0.107. The van der Waals surface area contributed by atoms with Crippen molar-refractivity contribution < 1.29 is 29.4 Å². The molecule has 15 heteroatoms. The number of aromatic amines is 2. The van der Waals surface area contributed by atoms with E-state index in [9.17, 15) is 29.4 Å². The summed E-state index contributed by atoms with van der Waals surface area (Å²) < 4.78 is 0. The Bertz CT molecular complexity index is 1270. The van der Waals surface area contributed by atoms with Crippen LogP contribution in [0, 0.1) is 0 Å². The van der Waals surface area contributed by atoms with Crippen molar-refractivity contribution in [1.29, 1.82) is 0 Å². The van der Waals surface area contributed by atoms with Gasteiger partial charge in [-0.05, 0) is 42.5 Å². The van der Waals surface area contributed by atoms with Gasteiger partial charge in [0.1, 0.15) is 23.9 Å². The van der Waals surface area contributed by atoms with Crippen molar-refractivity contribution in [3.8, 4) is 5.75 Å². The van der Waals surface area contributed by atoms with E-state index in [0.717, 1.165) is 0 Å². The molecule has 2 aromatic heterocycles. The number of carboxylic acids is 1. The summed E-state index contributed by atoms with van der Waals surface area (Å²) in [7, 11) is 0. The minimum atomic E-state index is -1.19. The van der Waals surface area contributed by atoms with E-state index in [4.69, 9.17) is 5.73 Å². The van der Waals surface area contributed by atoms with Crippen molar-refractivity contribution in [2.45, 2.75) is 49.9 Å². The second kappa shape index (κ2) is 15.4. The zero-order valence-electron chi connectivity index (χ0n) is 22.4. The van der Waals surface area contributed by atoms with Crippen LogP contribution in [0.4, 0.5) is 0 Å². The lowest BCUT2D eigenvalue weighted by molar-refractivity contribution is -0.142. The van der Waals surface area contributed by atoms with Crippen molar-refractivity contribution in [2.75, 3.05) is 12.0 Å². The molecule has 0 spiro atoms. The molecule has 0 radical (unpaired) electrons. The molecule has 0 aliphatic rings. The van der Waals surface area contributed by atoms with Crippen LogP contribution in [0.5, 0.6) is 5.75 Å². The summed E-state index contributed by atoms with van der Waals surface area (Å²) in [6.07, 6.45) is 8.03. The number of phenols is 1. The number of aromatic hydroxyl groups is 1. The molecular formula is C26H34N8O6S. The first-order valence-corrected chi connectivity index (χ1v) is 14.2. The highest BCUT2D eigenvalue weighted by Gasteiger charge is 2.31. The smallest absolute Gasteiger partial charge is 0.326 e. The largest absolute Gasteiger partial charge is 0.508 e. The predicted octanol–water partition coefficient (Wildman–Crippen LogP) is -0.514. The van der Waals surface area contributed by atoms with Crippen LogP contribution in [0.25, 0.3) is 0 Å². The average molecular weight is 587 g/mol. The lowest BCUT2D eigenvalue weighted by Gasteiger charge is -2.25. The van der Waals surface area contributed by atoms with Crippen molar-refractivity contribution in [3.63, 3.8) is 0 Å². The monoisotopic (exact) mass is 586 g/mol. The summed E-state index contributed by atoms with van der Waals surface area (Å²) in [5, 5.41) is 26.9. The zero-order chi connectivity index (χ0) is 29.8. The number of thioether (sulfide) groups is 1. The minimum Gasteiger partial charge on any atom is -0.508 e. The van der Waals surface area contributed by atoms with Gasteiger partial charge in [0.15, 0.2) is 0 Å². The molecule has 0 saturated carbocycles. The van der Waals surface area contributed by atoms with Crippen LogP contribution in [-0.2, 0) is 38.4 Å². The van der Waals surface area contributed by atoms with Crippen LogP contribution in [0.3, 0.4) is 0 Å². The van der Waals surface area contributed by atoms with Gasteiger partial charge in [0, 0.05) is 36.6 Å². The normalized spacial score (nSPS) is 13.9. The maximum atomic E-state index is 13.5. The molecule has 3 aromatic rings. The van der Waals surface area contributed by atoms with Gasteiger partial charge in [-0.15, -0.1) is 0 Å². The number of carboxylic acid groups (broad SMARTS) is 1. The van der Waals surface area contributed by atoms with Gasteiger partial charge in [-0.2, -0.15) is 11.8 Å². The van der Waals surface area contributed by atoms with Crippen LogP contribution in [0.2, 0.25) is 0 Å². The fourth-order valence-corrected chi connectivity index (χ4v) is 4.42. The first kappa shape index (κ1) is 31.2. The molecule has 4 atom stereocenters. The van der Waals surface area contributed by atoms with Gasteiger partial charge >= 0.3 is 5.97 Å². The molecule has 0 aliphatic carbocycles. The number of carbonyl (C=O) groups excluding carboxylic acids is 3. The Morgan fingerprint density at radius 3 is 1.83 bits per heavy atom. The number of hydrogen-bond donors (Lipinski definition) is 8. The summed E-state index contributed by atoms with van der Waals surface area (Å²) in [5.41, 5.74) is 7.91. The molecule has 14 nitrogen and oxygen atoms in total. The Labute approximate surface area is 240 Å². The molecule has 2 heterocycles. The van der Waals surface area contributed by atoms with Gasteiger partial charge in [-0.25, -0.2) is 14.8 Å². The Balaban J connectivity index is 1.76. The highest BCUT2D eigenvalue weighted by atomic mass is 32.2. The van der Waals surface area contributed by atoms with Crippen molar-refractivity contribution in [1.82, 2.24) is 35.9 Å². The van der Waals surface area contributed by atoms with E-state index in [-0.39, 0.29) is 31.4 Å². The Morgan fingerprint density at radius 1 is 0.854 bits per heavy atom. The number of nitrogens with two attached hydrogens (primary N) is 1. The number of amides is 3. The van der Waals surface area contributed by atoms with Crippen molar-refractivity contribution >= 4 is 35.5 Å². The number of aromatic nitrogens is 4. The lowest BCUT2D eigenvalue weighted by atomic mass is 10.0. The summed E-state index contributed by atoms with van der Waals surface area (Å²) in [4.78, 5) is 65.1. The molecule has 4 unspecified atom stereocenters. The second-order valence-corrected chi connectivity index (χ2v) is 10.3. The van der Waals surface area contributed by atoms with Crippen LogP contribution in [0.15, 0.2) is 49.3 Å². The molecule has 41 heavy (non-hydrogen) atoms. The summed E-state index contributed by atoms with van der Waals surface area (Å²) >= 11 is 1.44.